The Morgan fingerprint density at radius 3 is 2.40 bits per heavy atom. The van der Waals surface area contributed by atoms with Crippen molar-refractivity contribution in [3.05, 3.63) is 35.4 Å². The first kappa shape index (κ1) is 16.4. The predicted molar refractivity (Wildman–Crippen MR) is 77.8 cm³/mol. The first-order chi connectivity index (χ1) is 9.01. The number of sulfonamides is 1. The van der Waals surface area contributed by atoms with E-state index in [4.69, 9.17) is 5.11 Å². The molecular formula is C14H19NO4S. The normalized spacial score (nSPS) is 13.3. The molecule has 0 saturated heterocycles. The van der Waals surface area contributed by atoms with Gasteiger partial charge in [-0.3, -0.25) is 0 Å². The second kappa shape index (κ2) is 5.76. The molecule has 0 amide bonds. The van der Waals surface area contributed by atoms with Gasteiger partial charge in [0.15, 0.2) is 0 Å². The SMILES string of the molecule is C/C(=C\c1cccc(S(=O)(=O)NC(C)(C)C)c1)C(=O)O. The molecule has 0 heterocycles. The van der Waals surface area contributed by atoms with E-state index in [1.54, 1.807) is 32.9 Å². The van der Waals surface area contributed by atoms with Gasteiger partial charge in [-0.05, 0) is 51.5 Å². The van der Waals surface area contributed by atoms with Crippen molar-refractivity contribution in [2.75, 3.05) is 0 Å². The molecule has 0 fully saturated rings. The van der Waals surface area contributed by atoms with Crippen LogP contribution in [0.25, 0.3) is 6.08 Å². The number of hydrogen-bond donors (Lipinski definition) is 2. The lowest BCUT2D eigenvalue weighted by atomic mass is 10.1. The Kier molecular flexibility index (Phi) is 4.73. The standard InChI is InChI=1S/C14H19NO4S/c1-10(13(16)17)8-11-6-5-7-12(9-11)20(18,19)15-14(2,3)4/h5-9,15H,1-4H3,(H,16,17)/b10-8+. The number of carboxylic acid groups (broad SMARTS) is 1. The Morgan fingerprint density at radius 2 is 1.90 bits per heavy atom. The van der Waals surface area contributed by atoms with Gasteiger partial charge in [0.25, 0.3) is 0 Å². The molecule has 0 radical (unpaired) electrons. The van der Waals surface area contributed by atoms with E-state index in [0.717, 1.165) is 0 Å². The quantitative estimate of drug-likeness (QED) is 0.835. The second-order valence-corrected chi connectivity index (χ2v) is 7.24. The molecule has 0 aliphatic heterocycles. The van der Waals surface area contributed by atoms with Crippen LogP contribution in [-0.2, 0) is 14.8 Å². The molecule has 0 aliphatic carbocycles. The molecule has 0 unspecified atom stereocenters. The zero-order valence-electron chi connectivity index (χ0n) is 12.0. The molecule has 20 heavy (non-hydrogen) atoms. The molecule has 0 aliphatic rings. The minimum atomic E-state index is -3.62. The molecule has 0 saturated carbocycles. The van der Waals surface area contributed by atoms with Crippen LogP contribution in [0.2, 0.25) is 0 Å². The molecule has 6 heteroatoms. The smallest absolute Gasteiger partial charge is 0.331 e. The molecule has 5 nitrogen and oxygen atoms in total. The van der Waals surface area contributed by atoms with Gasteiger partial charge < -0.3 is 5.11 Å². The fourth-order valence-electron chi connectivity index (χ4n) is 1.55. The van der Waals surface area contributed by atoms with Crippen molar-refractivity contribution in [1.29, 1.82) is 0 Å². The summed E-state index contributed by atoms with van der Waals surface area (Å²) in [5.74, 6) is -1.04. The van der Waals surface area contributed by atoms with E-state index in [0.29, 0.717) is 5.56 Å². The Morgan fingerprint density at radius 1 is 1.30 bits per heavy atom. The van der Waals surface area contributed by atoms with Gasteiger partial charge in [0, 0.05) is 11.1 Å². The first-order valence-corrected chi connectivity index (χ1v) is 7.55. The van der Waals surface area contributed by atoms with E-state index in [1.165, 1.54) is 25.1 Å². The molecule has 0 spiro atoms. The number of aliphatic carboxylic acids is 1. The maximum atomic E-state index is 12.2. The van der Waals surface area contributed by atoms with Crippen LogP contribution < -0.4 is 4.72 Å². The lowest BCUT2D eigenvalue weighted by molar-refractivity contribution is -0.132. The summed E-state index contributed by atoms with van der Waals surface area (Å²) in [6.45, 7) is 6.71. The number of carbonyl (C=O) groups is 1. The summed E-state index contributed by atoms with van der Waals surface area (Å²) in [7, 11) is -3.62. The van der Waals surface area contributed by atoms with Gasteiger partial charge in [-0.15, -0.1) is 0 Å². The van der Waals surface area contributed by atoms with Crippen molar-refractivity contribution in [2.45, 2.75) is 38.1 Å². The molecule has 0 bridgehead atoms. The van der Waals surface area contributed by atoms with Gasteiger partial charge in [0.05, 0.1) is 4.90 Å². The van der Waals surface area contributed by atoms with Gasteiger partial charge in [0.1, 0.15) is 0 Å². The van der Waals surface area contributed by atoms with Gasteiger partial charge >= 0.3 is 5.97 Å². The summed E-state index contributed by atoms with van der Waals surface area (Å²) in [6.07, 6.45) is 1.43. The van der Waals surface area contributed by atoms with Crippen LogP contribution in [0.3, 0.4) is 0 Å². The average molecular weight is 297 g/mol. The summed E-state index contributed by atoms with van der Waals surface area (Å²) < 4.78 is 26.9. The Hall–Kier alpha value is -1.66. The van der Waals surface area contributed by atoms with E-state index in [2.05, 4.69) is 4.72 Å². The zero-order valence-corrected chi connectivity index (χ0v) is 12.8. The van der Waals surface area contributed by atoms with Crippen LogP contribution >= 0.6 is 0 Å². The van der Waals surface area contributed by atoms with Crippen LogP contribution in [0.4, 0.5) is 0 Å². The minimum absolute atomic E-state index is 0.111. The number of benzene rings is 1. The molecule has 1 rings (SSSR count). The number of hydrogen-bond acceptors (Lipinski definition) is 3. The van der Waals surface area contributed by atoms with Crippen LogP contribution in [0.1, 0.15) is 33.3 Å². The Balaban J connectivity index is 3.17. The highest BCUT2D eigenvalue weighted by Crippen LogP contribution is 2.16. The van der Waals surface area contributed by atoms with Crippen LogP contribution in [0.5, 0.6) is 0 Å². The van der Waals surface area contributed by atoms with Crippen molar-refractivity contribution < 1.29 is 18.3 Å². The van der Waals surface area contributed by atoms with E-state index in [1.807, 2.05) is 0 Å². The van der Waals surface area contributed by atoms with E-state index in [9.17, 15) is 13.2 Å². The molecule has 2 N–H and O–H groups in total. The zero-order chi connectivity index (χ0) is 15.6. The van der Waals surface area contributed by atoms with Crippen LogP contribution in [-0.4, -0.2) is 25.0 Å². The maximum Gasteiger partial charge on any atom is 0.331 e. The monoisotopic (exact) mass is 297 g/mol. The third-order valence-corrected chi connectivity index (χ3v) is 4.09. The molecular weight excluding hydrogens is 278 g/mol. The topological polar surface area (TPSA) is 83.5 Å². The molecule has 1 aromatic rings. The largest absolute Gasteiger partial charge is 0.478 e. The highest BCUT2D eigenvalue weighted by atomic mass is 32.2. The van der Waals surface area contributed by atoms with Gasteiger partial charge in [-0.25, -0.2) is 17.9 Å². The predicted octanol–water partition coefficient (Wildman–Crippen LogP) is 2.25. The van der Waals surface area contributed by atoms with E-state index < -0.39 is 21.5 Å². The first-order valence-electron chi connectivity index (χ1n) is 6.07. The minimum Gasteiger partial charge on any atom is -0.478 e. The summed E-state index contributed by atoms with van der Waals surface area (Å²) in [5, 5.41) is 8.83. The number of nitrogens with one attached hydrogen (secondary N) is 1. The lowest BCUT2D eigenvalue weighted by Crippen LogP contribution is -2.40. The van der Waals surface area contributed by atoms with Gasteiger partial charge in [0.2, 0.25) is 10.0 Å². The van der Waals surface area contributed by atoms with Crippen LogP contribution in [0, 0.1) is 0 Å². The van der Waals surface area contributed by atoms with Crippen molar-refractivity contribution >= 4 is 22.1 Å². The molecule has 0 atom stereocenters. The van der Waals surface area contributed by atoms with E-state index >= 15 is 0 Å². The van der Waals surface area contributed by atoms with Gasteiger partial charge in [-0.1, -0.05) is 12.1 Å². The van der Waals surface area contributed by atoms with Crippen molar-refractivity contribution in [3.8, 4) is 0 Å². The summed E-state index contributed by atoms with van der Waals surface area (Å²) in [4.78, 5) is 10.9. The second-order valence-electron chi connectivity index (χ2n) is 5.56. The molecule has 0 aromatic heterocycles. The third-order valence-electron chi connectivity index (χ3n) is 2.33. The molecule has 110 valence electrons. The highest BCUT2D eigenvalue weighted by Gasteiger charge is 2.21. The third kappa shape index (κ3) is 4.79. The Bertz CT molecular complexity index is 639. The fourth-order valence-corrected chi connectivity index (χ4v) is 3.02. The van der Waals surface area contributed by atoms with E-state index in [-0.39, 0.29) is 10.5 Å². The van der Waals surface area contributed by atoms with Crippen molar-refractivity contribution in [1.82, 2.24) is 4.72 Å². The lowest BCUT2D eigenvalue weighted by Gasteiger charge is -2.20. The average Bonchev–Trinajstić information content (AvgIpc) is 2.26. The summed E-state index contributed by atoms with van der Waals surface area (Å²) >= 11 is 0. The number of rotatable bonds is 4. The van der Waals surface area contributed by atoms with Gasteiger partial charge in [-0.2, -0.15) is 0 Å². The summed E-state index contributed by atoms with van der Waals surface area (Å²) in [6, 6.07) is 6.16. The summed E-state index contributed by atoms with van der Waals surface area (Å²) in [5.41, 5.74) is 0.0896. The van der Waals surface area contributed by atoms with Crippen molar-refractivity contribution in [3.63, 3.8) is 0 Å². The Labute approximate surface area is 119 Å². The van der Waals surface area contributed by atoms with Crippen molar-refractivity contribution in [2.24, 2.45) is 0 Å². The number of carboxylic acids is 1. The van der Waals surface area contributed by atoms with Crippen LogP contribution in [0.15, 0.2) is 34.7 Å². The maximum absolute atomic E-state index is 12.2. The fraction of sp³-hybridized carbons (Fsp3) is 0.357. The molecule has 1 aromatic carbocycles. The highest BCUT2D eigenvalue weighted by molar-refractivity contribution is 7.89.